The van der Waals surface area contributed by atoms with E-state index in [4.69, 9.17) is 0 Å². The van der Waals surface area contributed by atoms with Crippen molar-refractivity contribution in [3.63, 3.8) is 0 Å². The molecule has 0 aliphatic heterocycles. The lowest BCUT2D eigenvalue weighted by Gasteiger charge is -2.17. The van der Waals surface area contributed by atoms with E-state index in [0.717, 1.165) is 22.1 Å². The summed E-state index contributed by atoms with van der Waals surface area (Å²) >= 11 is 3.28. The number of nitrogens with zero attached hydrogens (tertiary/aromatic N) is 1. The number of hydrogen-bond donors (Lipinski definition) is 2. The number of H-pyrrole nitrogens is 1. The first-order valence-electron chi connectivity index (χ1n) is 6.98. The quantitative estimate of drug-likeness (QED) is 0.857. The second-order valence-corrected chi connectivity index (χ2v) is 5.87. The minimum absolute atomic E-state index is 0.00643. The summed E-state index contributed by atoms with van der Waals surface area (Å²) in [5, 5.41) is 2.85. The third kappa shape index (κ3) is 3.98. The van der Waals surface area contributed by atoms with E-state index in [9.17, 15) is 9.59 Å². The molecule has 116 valence electrons. The van der Waals surface area contributed by atoms with E-state index in [2.05, 4.69) is 26.2 Å². The van der Waals surface area contributed by atoms with Gasteiger partial charge in [-0.3, -0.25) is 9.59 Å². The van der Waals surface area contributed by atoms with Crippen LogP contribution >= 0.6 is 15.9 Å². The molecule has 0 fully saturated rings. The van der Waals surface area contributed by atoms with Crippen molar-refractivity contribution in [1.29, 1.82) is 0 Å². The number of aromatic nitrogens is 1. The van der Waals surface area contributed by atoms with Crippen molar-refractivity contribution in [2.45, 2.75) is 13.3 Å². The zero-order chi connectivity index (χ0) is 16.1. The van der Waals surface area contributed by atoms with Gasteiger partial charge in [-0.15, -0.1) is 0 Å². The smallest absolute Gasteiger partial charge is 0.270 e. The lowest BCUT2D eigenvalue weighted by molar-refractivity contribution is -0.116. The fraction of sp³-hybridized carbons (Fsp3) is 0.250. The average Bonchev–Trinajstić information content (AvgIpc) is 2.93. The molecule has 0 bridgehead atoms. The SMILES string of the molecule is CCc1ccccc1NC(=O)CN(C)C(=O)c1cc(Br)c[nH]1. The largest absolute Gasteiger partial charge is 0.356 e. The molecule has 0 spiro atoms. The fourth-order valence-corrected chi connectivity index (χ4v) is 2.47. The second-order valence-electron chi connectivity index (χ2n) is 4.95. The first-order chi connectivity index (χ1) is 10.5. The maximum atomic E-state index is 12.2. The standard InChI is InChI=1S/C16H18BrN3O2/c1-3-11-6-4-5-7-13(11)19-15(21)10-20(2)16(22)14-8-12(17)9-18-14/h4-9,18H,3,10H2,1-2H3,(H,19,21). The Morgan fingerprint density at radius 2 is 2.05 bits per heavy atom. The van der Waals surface area contributed by atoms with Crippen molar-refractivity contribution in [1.82, 2.24) is 9.88 Å². The van der Waals surface area contributed by atoms with Crippen molar-refractivity contribution < 1.29 is 9.59 Å². The number of halogens is 1. The Balaban J connectivity index is 1.98. The topological polar surface area (TPSA) is 65.2 Å². The van der Waals surface area contributed by atoms with E-state index < -0.39 is 0 Å². The average molecular weight is 364 g/mol. The molecule has 1 heterocycles. The minimum Gasteiger partial charge on any atom is -0.356 e. The highest BCUT2D eigenvalue weighted by atomic mass is 79.9. The van der Waals surface area contributed by atoms with Gasteiger partial charge in [0, 0.05) is 23.4 Å². The van der Waals surface area contributed by atoms with Gasteiger partial charge in [0.2, 0.25) is 5.91 Å². The Morgan fingerprint density at radius 1 is 1.32 bits per heavy atom. The number of nitrogens with one attached hydrogen (secondary N) is 2. The van der Waals surface area contributed by atoms with Crippen LogP contribution in [0.15, 0.2) is 41.0 Å². The lowest BCUT2D eigenvalue weighted by atomic mass is 10.1. The van der Waals surface area contributed by atoms with Crippen molar-refractivity contribution >= 4 is 33.4 Å². The number of amides is 2. The highest BCUT2D eigenvalue weighted by Gasteiger charge is 2.16. The first kappa shape index (κ1) is 16.3. The molecule has 1 aromatic carbocycles. The summed E-state index contributed by atoms with van der Waals surface area (Å²) < 4.78 is 0.797. The van der Waals surface area contributed by atoms with Crippen molar-refractivity contribution in [3.8, 4) is 0 Å². The number of likely N-dealkylation sites (N-methyl/N-ethyl adjacent to an activating group) is 1. The van der Waals surface area contributed by atoms with Gasteiger partial charge in [0.15, 0.2) is 0 Å². The molecule has 2 rings (SSSR count). The van der Waals surface area contributed by atoms with Crippen LogP contribution in [0, 0.1) is 0 Å². The van der Waals surface area contributed by atoms with Gasteiger partial charge < -0.3 is 15.2 Å². The number of aromatic amines is 1. The molecular formula is C16H18BrN3O2. The van der Waals surface area contributed by atoms with Gasteiger partial charge in [-0.2, -0.15) is 0 Å². The number of carbonyl (C=O) groups excluding carboxylic acids is 2. The van der Waals surface area contributed by atoms with E-state index in [-0.39, 0.29) is 18.4 Å². The predicted octanol–water partition coefficient (Wildman–Crippen LogP) is 3.05. The van der Waals surface area contributed by atoms with Gasteiger partial charge in [0.25, 0.3) is 5.91 Å². The van der Waals surface area contributed by atoms with Gasteiger partial charge in [0.1, 0.15) is 5.69 Å². The van der Waals surface area contributed by atoms with Crippen LogP contribution in [0.3, 0.4) is 0 Å². The molecule has 0 atom stereocenters. The summed E-state index contributed by atoms with van der Waals surface area (Å²) in [7, 11) is 1.60. The highest BCUT2D eigenvalue weighted by molar-refractivity contribution is 9.10. The molecular weight excluding hydrogens is 346 g/mol. The van der Waals surface area contributed by atoms with E-state index in [1.54, 1.807) is 19.3 Å². The Bertz CT molecular complexity index is 682. The molecule has 0 aliphatic carbocycles. The van der Waals surface area contributed by atoms with E-state index in [1.165, 1.54) is 4.90 Å². The van der Waals surface area contributed by atoms with Crippen LogP contribution in [-0.2, 0) is 11.2 Å². The Labute approximate surface area is 137 Å². The molecule has 6 heteroatoms. The lowest BCUT2D eigenvalue weighted by Crippen LogP contribution is -2.35. The number of anilines is 1. The molecule has 0 radical (unpaired) electrons. The number of aryl methyl sites for hydroxylation is 1. The predicted molar refractivity (Wildman–Crippen MR) is 89.9 cm³/mol. The van der Waals surface area contributed by atoms with Gasteiger partial charge in [-0.05, 0) is 40.0 Å². The second kappa shape index (κ2) is 7.26. The molecule has 0 unspecified atom stereocenters. The summed E-state index contributed by atoms with van der Waals surface area (Å²) in [4.78, 5) is 28.5. The molecule has 1 aromatic heterocycles. The maximum absolute atomic E-state index is 12.2. The number of hydrogen-bond acceptors (Lipinski definition) is 2. The van der Waals surface area contributed by atoms with Crippen molar-refractivity contribution in [2.75, 3.05) is 18.9 Å². The number of carbonyl (C=O) groups is 2. The molecule has 2 aromatic rings. The molecule has 5 nitrogen and oxygen atoms in total. The molecule has 0 saturated heterocycles. The summed E-state index contributed by atoms with van der Waals surface area (Å²) in [6, 6.07) is 9.33. The Morgan fingerprint density at radius 3 is 2.68 bits per heavy atom. The highest BCUT2D eigenvalue weighted by Crippen LogP contribution is 2.15. The zero-order valence-electron chi connectivity index (χ0n) is 12.5. The fourth-order valence-electron chi connectivity index (χ4n) is 2.12. The number of para-hydroxylation sites is 1. The summed E-state index contributed by atoms with van der Waals surface area (Å²) in [6.07, 6.45) is 2.51. The van der Waals surface area contributed by atoms with Crippen LogP contribution in [0.1, 0.15) is 23.0 Å². The van der Waals surface area contributed by atoms with Crippen molar-refractivity contribution in [2.24, 2.45) is 0 Å². The van der Waals surface area contributed by atoms with Gasteiger partial charge in [0.05, 0.1) is 6.54 Å². The van der Waals surface area contributed by atoms with E-state index in [1.807, 2.05) is 31.2 Å². The minimum atomic E-state index is -0.232. The van der Waals surface area contributed by atoms with Gasteiger partial charge in [-0.1, -0.05) is 25.1 Å². The maximum Gasteiger partial charge on any atom is 0.270 e. The van der Waals surface area contributed by atoms with Crippen LogP contribution in [-0.4, -0.2) is 35.3 Å². The summed E-state index contributed by atoms with van der Waals surface area (Å²) in [5.74, 6) is -0.452. The van der Waals surface area contributed by atoms with Crippen LogP contribution in [0.2, 0.25) is 0 Å². The van der Waals surface area contributed by atoms with Crippen molar-refractivity contribution in [3.05, 3.63) is 52.3 Å². The van der Waals surface area contributed by atoms with Crippen LogP contribution in [0.4, 0.5) is 5.69 Å². The molecule has 2 N–H and O–H groups in total. The van der Waals surface area contributed by atoms with Gasteiger partial charge >= 0.3 is 0 Å². The molecule has 0 saturated carbocycles. The zero-order valence-corrected chi connectivity index (χ0v) is 14.1. The first-order valence-corrected chi connectivity index (χ1v) is 7.77. The normalized spacial score (nSPS) is 10.3. The van der Waals surface area contributed by atoms with E-state index >= 15 is 0 Å². The molecule has 0 aliphatic rings. The summed E-state index contributed by atoms with van der Waals surface area (Å²) in [5.41, 5.74) is 2.30. The van der Waals surface area contributed by atoms with Crippen LogP contribution in [0.5, 0.6) is 0 Å². The van der Waals surface area contributed by atoms with Gasteiger partial charge in [-0.25, -0.2) is 0 Å². The Hall–Kier alpha value is -2.08. The van der Waals surface area contributed by atoms with E-state index in [0.29, 0.717) is 5.69 Å². The summed E-state index contributed by atoms with van der Waals surface area (Å²) in [6.45, 7) is 2.03. The molecule has 22 heavy (non-hydrogen) atoms. The monoisotopic (exact) mass is 363 g/mol. The number of rotatable bonds is 5. The number of benzene rings is 1. The molecule has 2 amide bonds. The van der Waals surface area contributed by atoms with Crippen LogP contribution < -0.4 is 5.32 Å². The third-order valence-corrected chi connectivity index (χ3v) is 3.74. The van der Waals surface area contributed by atoms with Crippen LogP contribution in [0.25, 0.3) is 0 Å². The third-order valence-electron chi connectivity index (χ3n) is 3.28. The Kier molecular flexibility index (Phi) is 5.38.